The van der Waals surface area contributed by atoms with Crippen molar-refractivity contribution in [3.8, 4) is 28.7 Å². The minimum atomic E-state index is -1.08. The number of hydrogen-bond acceptors (Lipinski definition) is 9. The third kappa shape index (κ3) is 4.99. The Labute approximate surface area is 187 Å². The standard InChI is InChI=1S/C24H18O9/c1-32-19-8-14(6-17(26)10-19)23(30)21(28)12-3-13(5-16(25)4-12)22(29)24(31)15-7-18(27)11-20(9-15)33-2/h3-11,25-27H,1-2H3. The molecule has 3 N–H and O–H groups in total. The quantitative estimate of drug-likeness (QED) is 0.348. The lowest BCUT2D eigenvalue weighted by Crippen LogP contribution is -2.18. The van der Waals surface area contributed by atoms with E-state index in [0.29, 0.717) is 0 Å². The summed E-state index contributed by atoms with van der Waals surface area (Å²) in [5.74, 6) is -5.07. The van der Waals surface area contributed by atoms with Crippen LogP contribution in [0.15, 0.2) is 54.6 Å². The summed E-state index contributed by atoms with van der Waals surface area (Å²) < 4.78 is 9.92. The van der Waals surface area contributed by atoms with Crippen LogP contribution >= 0.6 is 0 Å². The normalized spacial score (nSPS) is 10.4. The first-order chi connectivity index (χ1) is 15.6. The first-order valence-electron chi connectivity index (χ1n) is 9.41. The van der Waals surface area contributed by atoms with Crippen molar-refractivity contribution in [3.63, 3.8) is 0 Å². The number of aromatic hydroxyl groups is 3. The molecule has 0 spiro atoms. The molecule has 0 saturated heterocycles. The average Bonchev–Trinajstić information content (AvgIpc) is 2.80. The van der Waals surface area contributed by atoms with Gasteiger partial charge in [0.05, 0.1) is 14.2 Å². The zero-order valence-electron chi connectivity index (χ0n) is 17.5. The van der Waals surface area contributed by atoms with E-state index in [2.05, 4.69) is 0 Å². The Morgan fingerprint density at radius 2 is 0.758 bits per heavy atom. The van der Waals surface area contributed by atoms with Gasteiger partial charge in [-0.25, -0.2) is 0 Å². The summed E-state index contributed by atoms with van der Waals surface area (Å²) in [5, 5.41) is 29.4. The highest BCUT2D eigenvalue weighted by molar-refractivity contribution is 6.51. The number of carbonyl (C=O) groups is 4. The van der Waals surface area contributed by atoms with Crippen LogP contribution < -0.4 is 9.47 Å². The lowest BCUT2D eigenvalue weighted by Gasteiger charge is -2.08. The molecule has 0 aliphatic carbocycles. The minimum absolute atomic E-state index is 0.144. The maximum Gasteiger partial charge on any atom is 0.233 e. The van der Waals surface area contributed by atoms with E-state index in [1.165, 1.54) is 38.5 Å². The fourth-order valence-corrected chi connectivity index (χ4v) is 3.06. The van der Waals surface area contributed by atoms with Crippen LogP contribution in [0.3, 0.4) is 0 Å². The van der Waals surface area contributed by atoms with E-state index in [9.17, 15) is 34.5 Å². The highest BCUT2D eigenvalue weighted by Crippen LogP contribution is 2.26. The van der Waals surface area contributed by atoms with Crippen molar-refractivity contribution < 1.29 is 44.0 Å². The lowest BCUT2D eigenvalue weighted by atomic mass is 9.95. The van der Waals surface area contributed by atoms with Crippen LogP contribution in [0.1, 0.15) is 41.4 Å². The number of carbonyl (C=O) groups excluding carboxylic acids is 4. The molecule has 0 saturated carbocycles. The predicted molar refractivity (Wildman–Crippen MR) is 115 cm³/mol. The summed E-state index contributed by atoms with van der Waals surface area (Å²) in [5.41, 5.74) is -1.02. The molecule has 3 rings (SSSR count). The smallest absolute Gasteiger partial charge is 0.233 e. The topological polar surface area (TPSA) is 147 Å². The van der Waals surface area contributed by atoms with Gasteiger partial charge in [0, 0.05) is 34.4 Å². The van der Waals surface area contributed by atoms with Gasteiger partial charge in [-0.2, -0.15) is 0 Å². The van der Waals surface area contributed by atoms with Crippen molar-refractivity contribution in [1.29, 1.82) is 0 Å². The fraction of sp³-hybridized carbons (Fsp3) is 0.0833. The summed E-state index contributed by atoms with van der Waals surface area (Å²) in [6, 6.07) is 10.1. The van der Waals surface area contributed by atoms with E-state index in [4.69, 9.17) is 9.47 Å². The van der Waals surface area contributed by atoms with Crippen molar-refractivity contribution in [2.45, 2.75) is 0 Å². The summed E-state index contributed by atoms with van der Waals surface area (Å²) in [4.78, 5) is 50.7. The lowest BCUT2D eigenvalue weighted by molar-refractivity contribution is 0.0812. The molecule has 0 heterocycles. The van der Waals surface area contributed by atoms with Gasteiger partial charge in [-0.15, -0.1) is 0 Å². The van der Waals surface area contributed by atoms with Crippen LogP contribution in [0.25, 0.3) is 0 Å². The maximum absolute atomic E-state index is 12.7. The first kappa shape index (κ1) is 23.0. The molecule has 0 aliphatic rings. The zero-order chi connectivity index (χ0) is 24.3. The number of ether oxygens (including phenoxy) is 2. The average molecular weight is 450 g/mol. The minimum Gasteiger partial charge on any atom is -0.508 e. The molecule has 0 aliphatic heterocycles. The number of ketones is 4. The van der Waals surface area contributed by atoms with Gasteiger partial charge in [0.25, 0.3) is 0 Å². The Balaban J connectivity index is 1.95. The van der Waals surface area contributed by atoms with Gasteiger partial charge in [0.15, 0.2) is 0 Å². The fourth-order valence-electron chi connectivity index (χ4n) is 3.06. The van der Waals surface area contributed by atoms with Crippen LogP contribution in [0, 0.1) is 0 Å². The summed E-state index contributed by atoms with van der Waals surface area (Å²) in [6.07, 6.45) is 0. The number of hydrogen-bond donors (Lipinski definition) is 3. The number of rotatable bonds is 8. The molecule has 0 amide bonds. The molecule has 0 unspecified atom stereocenters. The maximum atomic E-state index is 12.7. The van der Waals surface area contributed by atoms with Crippen molar-refractivity contribution in [3.05, 3.63) is 76.9 Å². The van der Waals surface area contributed by atoms with Gasteiger partial charge < -0.3 is 24.8 Å². The molecule has 33 heavy (non-hydrogen) atoms. The van der Waals surface area contributed by atoms with Crippen LogP contribution in [-0.2, 0) is 0 Å². The number of phenols is 3. The van der Waals surface area contributed by atoms with Crippen molar-refractivity contribution >= 4 is 23.1 Å². The third-order valence-electron chi connectivity index (χ3n) is 4.63. The molecule has 0 fully saturated rings. The molecule has 3 aromatic rings. The van der Waals surface area contributed by atoms with Crippen LogP contribution in [0.5, 0.6) is 28.7 Å². The molecule has 9 heteroatoms. The van der Waals surface area contributed by atoms with E-state index in [-0.39, 0.29) is 45.3 Å². The van der Waals surface area contributed by atoms with Crippen LogP contribution in [0.2, 0.25) is 0 Å². The van der Waals surface area contributed by atoms with E-state index in [1.54, 1.807) is 0 Å². The molecular formula is C24H18O9. The summed E-state index contributed by atoms with van der Waals surface area (Å²) in [7, 11) is 2.63. The zero-order valence-corrected chi connectivity index (χ0v) is 17.5. The molecule has 0 atom stereocenters. The largest absolute Gasteiger partial charge is 0.508 e. The molecule has 0 radical (unpaired) electrons. The summed E-state index contributed by atoms with van der Waals surface area (Å²) >= 11 is 0. The van der Waals surface area contributed by atoms with Crippen LogP contribution in [-0.4, -0.2) is 52.7 Å². The molecule has 9 nitrogen and oxygen atoms in total. The Kier molecular flexibility index (Phi) is 6.43. The van der Waals surface area contributed by atoms with E-state index >= 15 is 0 Å². The van der Waals surface area contributed by atoms with Gasteiger partial charge in [-0.3, -0.25) is 19.2 Å². The van der Waals surface area contributed by atoms with E-state index < -0.39 is 28.9 Å². The Morgan fingerprint density at radius 1 is 0.485 bits per heavy atom. The molecule has 0 aromatic heterocycles. The second kappa shape index (κ2) is 9.23. The van der Waals surface area contributed by atoms with Crippen molar-refractivity contribution in [2.75, 3.05) is 14.2 Å². The van der Waals surface area contributed by atoms with Gasteiger partial charge >= 0.3 is 0 Å². The second-order valence-electron chi connectivity index (χ2n) is 6.92. The Hall–Kier alpha value is -4.66. The monoisotopic (exact) mass is 450 g/mol. The van der Waals surface area contributed by atoms with Gasteiger partial charge in [-0.05, 0) is 42.5 Å². The summed E-state index contributed by atoms with van der Waals surface area (Å²) in [6.45, 7) is 0. The predicted octanol–water partition coefficient (Wildman–Crippen LogP) is 2.95. The molecule has 3 aromatic carbocycles. The van der Waals surface area contributed by atoms with Crippen molar-refractivity contribution in [2.24, 2.45) is 0 Å². The second-order valence-corrected chi connectivity index (χ2v) is 6.92. The van der Waals surface area contributed by atoms with Gasteiger partial charge in [0.2, 0.25) is 23.1 Å². The number of phenolic OH excluding ortho intramolecular Hbond substituents is 3. The number of Topliss-reactive ketones (excluding diaryl/α,β-unsaturated/α-hetero) is 4. The Bertz CT molecular complexity index is 1200. The molecular weight excluding hydrogens is 432 g/mol. The number of methoxy groups -OCH3 is 2. The molecule has 0 bridgehead atoms. The van der Waals surface area contributed by atoms with Gasteiger partial charge in [-0.1, -0.05) is 0 Å². The van der Waals surface area contributed by atoms with Gasteiger partial charge in [0.1, 0.15) is 28.7 Å². The van der Waals surface area contributed by atoms with E-state index in [0.717, 1.165) is 30.3 Å². The third-order valence-corrected chi connectivity index (χ3v) is 4.63. The highest BCUT2D eigenvalue weighted by Gasteiger charge is 2.25. The van der Waals surface area contributed by atoms with Crippen molar-refractivity contribution in [1.82, 2.24) is 0 Å². The van der Waals surface area contributed by atoms with E-state index in [1.807, 2.05) is 0 Å². The SMILES string of the molecule is COc1cc(O)cc(C(=O)C(=O)c2cc(O)cc(C(=O)C(=O)c3cc(O)cc(OC)c3)c2)c1. The Morgan fingerprint density at radius 3 is 1.06 bits per heavy atom. The van der Waals surface area contributed by atoms with Crippen LogP contribution in [0.4, 0.5) is 0 Å². The first-order valence-corrected chi connectivity index (χ1v) is 9.41. The highest BCUT2D eigenvalue weighted by atomic mass is 16.5. The molecule has 168 valence electrons. The number of benzene rings is 3.